The van der Waals surface area contributed by atoms with Crippen molar-refractivity contribution in [1.82, 2.24) is 15.1 Å². The van der Waals surface area contributed by atoms with Gasteiger partial charge >= 0.3 is 0 Å². The normalized spacial score (nSPS) is 14.9. The van der Waals surface area contributed by atoms with Gasteiger partial charge in [0.15, 0.2) is 0 Å². The Kier molecular flexibility index (Phi) is 3.29. The lowest BCUT2D eigenvalue weighted by Gasteiger charge is -2.25. The van der Waals surface area contributed by atoms with Crippen LogP contribution in [0.2, 0.25) is 0 Å². The average Bonchev–Trinajstić information content (AvgIpc) is 2.82. The zero-order valence-electron chi connectivity index (χ0n) is 10.5. The summed E-state index contributed by atoms with van der Waals surface area (Å²) in [6.07, 6.45) is 3.69. The summed E-state index contributed by atoms with van der Waals surface area (Å²) in [6, 6.07) is 9.79. The first-order chi connectivity index (χ1) is 9.31. The zero-order valence-corrected chi connectivity index (χ0v) is 10.5. The van der Waals surface area contributed by atoms with Crippen molar-refractivity contribution >= 4 is 11.6 Å². The molecule has 19 heavy (non-hydrogen) atoms. The van der Waals surface area contributed by atoms with E-state index in [1.807, 2.05) is 41.2 Å². The van der Waals surface area contributed by atoms with Gasteiger partial charge in [-0.15, -0.1) is 0 Å². The van der Waals surface area contributed by atoms with Gasteiger partial charge < -0.3 is 10.6 Å². The van der Waals surface area contributed by atoms with Crippen molar-refractivity contribution in [3.05, 3.63) is 48.3 Å². The lowest BCUT2D eigenvalue weighted by Crippen LogP contribution is -2.48. The molecule has 1 fully saturated rings. The average molecular weight is 256 g/mol. The van der Waals surface area contributed by atoms with Gasteiger partial charge in [0.2, 0.25) is 5.91 Å². The molecular formula is C14H16N4O. The molecule has 5 nitrogen and oxygen atoms in total. The Balaban J connectivity index is 1.60. The van der Waals surface area contributed by atoms with Crippen LogP contribution in [0.3, 0.4) is 0 Å². The van der Waals surface area contributed by atoms with Gasteiger partial charge in [-0.3, -0.25) is 9.48 Å². The van der Waals surface area contributed by atoms with E-state index >= 15 is 0 Å². The molecule has 2 heterocycles. The van der Waals surface area contributed by atoms with Crippen molar-refractivity contribution in [2.45, 2.75) is 6.54 Å². The minimum atomic E-state index is 0.0959. The number of carbonyl (C=O) groups is 1. The number of anilines is 1. The molecule has 0 atom stereocenters. The number of nitrogens with zero attached hydrogens (tertiary/aromatic N) is 2. The monoisotopic (exact) mass is 256 g/mol. The number of amides is 1. The second kappa shape index (κ2) is 5.24. The quantitative estimate of drug-likeness (QED) is 0.861. The van der Waals surface area contributed by atoms with Gasteiger partial charge in [0.1, 0.15) is 0 Å². The summed E-state index contributed by atoms with van der Waals surface area (Å²) in [7, 11) is 0. The molecule has 1 amide bonds. The van der Waals surface area contributed by atoms with Gasteiger partial charge in [-0.05, 0) is 23.8 Å². The molecule has 1 aromatic heterocycles. The molecule has 98 valence electrons. The number of rotatable bonds is 4. The highest BCUT2D eigenvalue weighted by molar-refractivity contribution is 5.93. The number of benzene rings is 1. The maximum atomic E-state index is 11.8. The minimum Gasteiger partial charge on any atom is -0.326 e. The third-order valence-electron chi connectivity index (χ3n) is 3.28. The molecule has 0 spiro atoms. The molecular weight excluding hydrogens is 240 g/mol. The first-order valence-corrected chi connectivity index (χ1v) is 6.39. The van der Waals surface area contributed by atoms with Crippen molar-refractivity contribution in [1.29, 1.82) is 0 Å². The van der Waals surface area contributed by atoms with Crippen molar-refractivity contribution in [2.75, 3.05) is 18.4 Å². The Labute approximate surface area is 111 Å². The molecule has 2 N–H and O–H groups in total. The van der Waals surface area contributed by atoms with Gasteiger partial charge in [0.05, 0.1) is 12.5 Å². The van der Waals surface area contributed by atoms with Crippen LogP contribution in [0.1, 0.15) is 5.56 Å². The highest BCUT2D eigenvalue weighted by Crippen LogP contribution is 2.13. The summed E-state index contributed by atoms with van der Waals surface area (Å²) in [6.45, 7) is 2.31. The topological polar surface area (TPSA) is 59.0 Å². The molecule has 0 radical (unpaired) electrons. The smallest absolute Gasteiger partial charge is 0.230 e. The van der Waals surface area contributed by atoms with Gasteiger partial charge in [0.25, 0.3) is 0 Å². The molecule has 1 aliphatic heterocycles. The molecule has 3 rings (SSSR count). The van der Waals surface area contributed by atoms with E-state index in [2.05, 4.69) is 15.7 Å². The minimum absolute atomic E-state index is 0.0959. The molecule has 1 aromatic carbocycles. The fourth-order valence-corrected chi connectivity index (χ4v) is 1.99. The van der Waals surface area contributed by atoms with Gasteiger partial charge in [0, 0.05) is 31.2 Å². The van der Waals surface area contributed by atoms with Crippen LogP contribution >= 0.6 is 0 Å². The summed E-state index contributed by atoms with van der Waals surface area (Å²) in [4.78, 5) is 11.8. The van der Waals surface area contributed by atoms with E-state index in [4.69, 9.17) is 0 Å². The summed E-state index contributed by atoms with van der Waals surface area (Å²) < 4.78 is 1.87. The summed E-state index contributed by atoms with van der Waals surface area (Å²) in [5.41, 5.74) is 2.01. The van der Waals surface area contributed by atoms with Crippen molar-refractivity contribution < 1.29 is 4.79 Å². The number of aromatic nitrogens is 2. The van der Waals surface area contributed by atoms with Crippen LogP contribution < -0.4 is 10.6 Å². The maximum absolute atomic E-state index is 11.8. The molecule has 1 aliphatic rings. The van der Waals surface area contributed by atoms with Crippen molar-refractivity contribution in [3.8, 4) is 0 Å². The Hall–Kier alpha value is -2.14. The Morgan fingerprint density at radius 1 is 1.37 bits per heavy atom. The number of hydrogen-bond donors (Lipinski definition) is 2. The first-order valence-electron chi connectivity index (χ1n) is 6.39. The van der Waals surface area contributed by atoms with Crippen LogP contribution in [-0.2, 0) is 11.3 Å². The van der Waals surface area contributed by atoms with E-state index < -0.39 is 0 Å². The van der Waals surface area contributed by atoms with E-state index in [-0.39, 0.29) is 11.8 Å². The second-order valence-electron chi connectivity index (χ2n) is 4.74. The van der Waals surface area contributed by atoms with Gasteiger partial charge in [-0.1, -0.05) is 12.1 Å². The lowest BCUT2D eigenvalue weighted by molar-refractivity contribution is -0.121. The molecule has 0 bridgehead atoms. The molecule has 1 saturated heterocycles. The molecule has 0 saturated carbocycles. The highest BCUT2D eigenvalue weighted by Gasteiger charge is 2.24. The standard InChI is InChI=1S/C14H16N4O/c19-14(12-8-15-9-12)17-13-4-2-11(3-5-13)10-18-7-1-6-16-18/h1-7,12,15H,8-10H2,(H,17,19). The Morgan fingerprint density at radius 2 is 2.16 bits per heavy atom. The molecule has 5 heteroatoms. The number of hydrogen-bond acceptors (Lipinski definition) is 3. The third kappa shape index (κ3) is 2.82. The SMILES string of the molecule is O=C(Nc1ccc(Cn2cccn2)cc1)C1CNC1. The van der Waals surface area contributed by atoms with E-state index in [1.165, 1.54) is 0 Å². The van der Waals surface area contributed by atoms with E-state index in [1.54, 1.807) is 6.20 Å². The van der Waals surface area contributed by atoms with E-state index in [9.17, 15) is 4.79 Å². The molecule has 0 aliphatic carbocycles. The van der Waals surface area contributed by atoms with Crippen LogP contribution in [-0.4, -0.2) is 28.8 Å². The second-order valence-corrected chi connectivity index (χ2v) is 4.74. The van der Waals surface area contributed by atoms with Crippen LogP contribution in [0.25, 0.3) is 0 Å². The third-order valence-corrected chi connectivity index (χ3v) is 3.28. The fourth-order valence-electron chi connectivity index (χ4n) is 1.99. The van der Waals surface area contributed by atoms with Crippen molar-refractivity contribution in [2.24, 2.45) is 5.92 Å². The number of nitrogens with one attached hydrogen (secondary N) is 2. The zero-order chi connectivity index (χ0) is 13.1. The maximum Gasteiger partial charge on any atom is 0.230 e. The molecule has 2 aromatic rings. The Morgan fingerprint density at radius 3 is 2.74 bits per heavy atom. The van der Waals surface area contributed by atoms with E-state index in [0.717, 1.165) is 30.9 Å². The summed E-state index contributed by atoms with van der Waals surface area (Å²) in [5.74, 6) is 0.210. The fraction of sp³-hybridized carbons (Fsp3) is 0.286. The van der Waals surface area contributed by atoms with Gasteiger partial charge in [-0.25, -0.2) is 0 Å². The lowest BCUT2D eigenvalue weighted by atomic mass is 10.0. The molecule has 0 unspecified atom stereocenters. The predicted molar refractivity (Wildman–Crippen MR) is 72.8 cm³/mol. The van der Waals surface area contributed by atoms with Gasteiger partial charge in [-0.2, -0.15) is 5.10 Å². The van der Waals surface area contributed by atoms with Crippen molar-refractivity contribution in [3.63, 3.8) is 0 Å². The van der Waals surface area contributed by atoms with Crippen LogP contribution in [0, 0.1) is 5.92 Å². The predicted octanol–water partition coefficient (Wildman–Crippen LogP) is 1.09. The first kappa shape index (κ1) is 11.9. The van der Waals surface area contributed by atoms with Crippen LogP contribution in [0.4, 0.5) is 5.69 Å². The van der Waals surface area contributed by atoms with Crippen LogP contribution in [0.15, 0.2) is 42.7 Å². The largest absolute Gasteiger partial charge is 0.326 e. The van der Waals surface area contributed by atoms with E-state index in [0.29, 0.717) is 0 Å². The van der Waals surface area contributed by atoms with Crippen LogP contribution in [0.5, 0.6) is 0 Å². The highest BCUT2D eigenvalue weighted by atomic mass is 16.2. The summed E-state index contributed by atoms with van der Waals surface area (Å²) in [5, 5.41) is 10.2. The number of carbonyl (C=O) groups excluding carboxylic acids is 1. The summed E-state index contributed by atoms with van der Waals surface area (Å²) >= 11 is 0. The Bertz CT molecular complexity index is 543.